The summed E-state index contributed by atoms with van der Waals surface area (Å²) in [6.45, 7) is 1.40. The number of hydrogen-bond acceptors (Lipinski definition) is 3. The number of nitrogens with one attached hydrogen (secondary N) is 1. The van der Waals surface area contributed by atoms with Gasteiger partial charge in [-0.2, -0.15) is 0 Å². The monoisotopic (exact) mass is 372 g/mol. The van der Waals surface area contributed by atoms with E-state index in [0.717, 1.165) is 16.7 Å². The molecule has 0 spiro atoms. The maximum Gasteiger partial charge on any atom is 0.223 e. The van der Waals surface area contributed by atoms with E-state index in [4.69, 9.17) is 5.73 Å². The van der Waals surface area contributed by atoms with Crippen molar-refractivity contribution in [2.45, 2.75) is 24.9 Å². The second-order valence-electron chi connectivity index (χ2n) is 6.82. The summed E-state index contributed by atoms with van der Waals surface area (Å²) in [6, 6.07) is 28.6. The molecule has 0 heterocycles. The Kier molecular flexibility index (Phi) is 6.02. The molecule has 3 N–H and O–H groups in total. The minimum Gasteiger partial charge on any atom is -0.338 e. The van der Waals surface area contributed by atoms with Crippen molar-refractivity contribution < 1.29 is 9.59 Å². The molecule has 4 nitrogen and oxygen atoms in total. The minimum atomic E-state index is -0.891. The maximum atomic E-state index is 13.0. The van der Waals surface area contributed by atoms with Crippen molar-refractivity contribution in [2.24, 2.45) is 5.73 Å². The Labute approximate surface area is 165 Å². The number of ketones is 1. The van der Waals surface area contributed by atoms with Gasteiger partial charge in [0.1, 0.15) is 11.3 Å². The molecule has 0 aromatic heterocycles. The van der Waals surface area contributed by atoms with Gasteiger partial charge in [0, 0.05) is 6.42 Å². The van der Waals surface area contributed by atoms with Gasteiger partial charge in [0.2, 0.25) is 5.91 Å². The van der Waals surface area contributed by atoms with Crippen LogP contribution in [0.15, 0.2) is 91.0 Å². The van der Waals surface area contributed by atoms with Crippen LogP contribution >= 0.6 is 0 Å². The molecule has 3 rings (SSSR count). The zero-order chi connectivity index (χ0) is 20.0. The summed E-state index contributed by atoms with van der Waals surface area (Å²) >= 11 is 0. The first-order valence-corrected chi connectivity index (χ1v) is 9.27. The second kappa shape index (κ2) is 8.63. The van der Waals surface area contributed by atoms with Crippen LogP contribution in [0.25, 0.3) is 0 Å². The number of rotatable bonds is 7. The van der Waals surface area contributed by atoms with Crippen LogP contribution in [0, 0.1) is 0 Å². The van der Waals surface area contributed by atoms with E-state index >= 15 is 0 Å². The van der Waals surface area contributed by atoms with Crippen molar-refractivity contribution in [2.75, 3.05) is 0 Å². The highest BCUT2D eigenvalue weighted by Gasteiger charge is 2.38. The molecule has 0 radical (unpaired) electrons. The molecule has 4 heteroatoms. The second-order valence-corrected chi connectivity index (χ2v) is 6.82. The first kappa shape index (κ1) is 19.5. The van der Waals surface area contributed by atoms with Gasteiger partial charge < -0.3 is 11.1 Å². The van der Waals surface area contributed by atoms with E-state index in [9.17, 15) is 9.59 Å². The number of amides is 1. The predicted molar refractivity (Wildman–Crippen MR) is 111 cm³/mol. The largest absolute Gasteiger partial charge is 0.338 e. The van der Waals surface area contributed by atoms with E-state index in [1.54, 1.807) is 0 Å². The molecule has 3 aromatic carbocycles. The molecule has 1 amide bonds. The highest BCUT2D eigenvalue weighted by Crippen LogP contribution is 2.36. The fourth-order valence-corrected chi connectivity index (χ4v) is 3.38. The van der Waals surface area contributed by atoms with E-state index in [2.05, 4.69) is 5.32 Å². The summed E-state index contributed by atoms with van der Waals surface area (Å²) < 4.78 is 0. The fourth-order valence-electron chi connectivity index (χ4n) is 3.38. The molecule has 1 unspecified atom stereocenters. The van der Waals surface area contributed by atoms with Crippen LogP contribution in [0.3, 0.4) is 0 Å². The Morgan fingerprint density at radius 1 is 0.786 bits per heavy atom. The van der Waals surface area contributed by atoms with E-state index < -0.39 is 11.6 Å². The van der Waals surface area contributed by atoms with Crippen molar-refractivity contribution in [3.05, 3.63) is 108 Å². The number of carbonyl (C=O) groups excluding carboxylic acids is 2. The number of hydrogen-bond donors (Lipinski definition) is 2. The third-order valence-corrected chi connectivity index (χ3v) is 4.87. The Morgan fingerprint density at radius 3 is 1.46 bits per heavy atom. The summed E-state index contributed by atoms with van der Waals surface area (Å²) in [7, 11) is 0. The number of carbonyl (C=O) groups is 2. The van der Waals surface area contributed by atoms with Gasteiger partial charge in [0.05, 0.1) is 6.04 Å². The Hall–Kier alpha value is -3.24. The lowest BCUT2D eigenvalue weighted by Crippen LogP contribution is -2.49. The number of nitrogens with two attached hydrogens (primary N) is 1. The predicted octanol–water partition coefficient (Wildman–Crippen LogP) is 3.40. The lowest BCUT2D eigenvalue weighted by molar-refractivity contribution is -0.126. The van der Waals surface area contributed by atoms with Crippen LogP contribution in [0.1, 0.15) is 30.0 Å². The Bertz CT molecular complexity index is 828. The van der Waals surface area contributed by atoms with Gasteiger partial charge >= 0.3 is 0 Å². The van der Waals surface area contributed by atoms with Crippen LogP contribution in [-0.2, 0) is 15.1 Å². The SMILES string of the molecule is CC(=O)C(N)CC(=O)NC(c1ccccc1)(c1ccccc1)c1ccccc1. The Balaban J connectivity index is 2.17. The number of benzene rings is 3. The molecule has 28 heavy (non-hydrogen) atoms. The highest BCUT2D eigenvalue weighted by molar-refractivity contribution is 5.88. The molecule has 0 aliphatic rings. The standard InChI is InChI=1S/C24H24N2O2/c1-18(27)22(25)17-23(28)26-24(19-11-5-2-6-12-19,20-13-7-3-8-14-20)21-15-9-4-10-16-21/h2-16,22H,17,25H2,1H3,(H,26,28). The van der Waals surface area contributed by atoms with Gasteiger partial charge in [-0.3, -0.25) is 9.59 Å². The van der Waals surface area contributed by atoms with E-state index in [1.165, 1.54) is 6.92 Å². The van der Waals surface area contributed by atoms with E-state index in [1.807, 2.05) is 91.0 Å². The zero-order valence-electron chi connectivity index (χ0n) is 15.8. The highest BCUT2D eigenvalue weighted by atomic mass is 16.2. The normalized spacial score (nSPS) is 12.2. The summed E-state index contributed by atoms with van der Waals surface area (Å²) in [5, 5.41) is 3.19. The van der Waals surface area contributed by atoms with E-state index in [0.29, 0.717) is 0 Å². The van der Waals surface area contributed by atoms with Gasteiger partial charge in [-0.25, -0.2) is 0 Å². The van der Waals surface area contributed by atoms with Crippen molar-refractivity contribution in [1.29, 1.82) is 0 Å². The lowest BCUT2D eigenvalue weighted by Gasteiger charge is -2.37. The third kappa shape index (κ3) is 4.02. The van der Waals surface area contributed by atoms with Crippen LogP contribution in [0.2, 0.25) is 0 Å². The summed E-state index contributed by atoms with van der Waals surface area (Å²) in [4.78, 5) is 24.5. The van der Waals surface area contributed by atoms with Gasteiger partial charge in [-0.15, -0.1) is 0 Å². The maximum absolute atomic E-state index is 13.0. The zero-order valence-corrected chi connectivity index (χ0v) is 15.8. The topological polar surface area (TPSA) is 72.2 Å². The van der Waals surface area contributed by atoms with Crippen molar-refractivity contribution in [3.8, 4) is 0 Å². The molecule has 0 saturated heterocycles. The van der Waals surface area contributed by atoms with Gasteiger partial charge in [-0.1, -0.05) is 91.0 Å². The molecule has 1 atom stereocenters. The molecule has 0 aliphatic carbocycles. The molecule has 0 bridgehead atoms. The van der Waals surface area contributed by atoms with Crippen LogP contribution in [0.5, 0.6) is 0 Å². The minimum absolute atomic E-state index is 0.0659. The lowest BCUT2D eigenvalue weighted by atomic mass is 9.77. The quantitative estimate of drug-likeness (QED) is 0.625. The molecule has 142 valence electrons. The average Bonchev–Trinajstić information content (AvgIpc) is 2.74. The molecular formula is C24H24N2O2. The molecular weight excluding hydrogens is 348 g/mol. The van der Waals surface area contributed by atoms with E-state index in [-0.39, 0.29) is 18.1 Å². The van der Waals surface area contributed by atoms with Gasteiger partial charge in [0.25, 0.3) is 0 Å². The smallest absolute Gasteiger partial charge is 0.223 e. The van der Waals surface area contributed by atoms with Gasteiger partial charge in [-0.05, 0) is 23.6 Å². The third-order valence-electron chi connectivity index (χ3n) is 4.87. The first-order chi connectivity index (χ1) is 13.5. The van der Waals surface area contributed by atoms with Crippen molar-refractivity contribution in [3.63, 3.8) is 0 Å². The first-order valence-electron chi connectivity index (χ1n) is 9.27. The summed E-state index contributed by atoms with van der Waals surface area (Å²) in [5.41, 5.74) is 7.73. The molecule has 3 aromatic rings. The molecule has 0 aliphatic heterocycles. The van der Waals surface area contributed by atoms with Crippen molar-refractivity contribution >= 4 is 11.7 Å². The average molecular weight is 372 g/mol. The van der Waals surface area contributed by atoms with Crippen molar-refractivity contribution in [1.82, 2.24) is 5.32 Å². The summed E-state index contributed by atoms with van der Waals surface area (Å²) in [5.74, 6) is -0.487. The molecule has 0 fully saturated rings. The Morgan fingerprint density at radius 2 is 1.14 bits per heavy atom. The van der Waals surface area contributed by atoms with Crippen LogP contribution in [0.4, 0.5) is 0 Å². The molecule has 0 saturated carbocycles. The fraction of sp³-hybridized carbons (Fsp3) is 0.167. The van der Waals surface area contributed by atoms with Crippen LogP contribution in [-0.4, -0.2) is 17.7 Å². The summed E-state index contributed by atoms with van der Waals surface area (Å²) in [6.07, 6.45) is -0.0659. The number of Topliss-reactive ketones (excluding diaryl/α,β-unsaturated/α-hetero) is 1. The van der Waals surface area contributed by atoms with Gasteiger partial charge in [0.15, 0.2) is 0 Å². The van der Waals surface area contributed by atoms with Crippen LogP contribution < -0.4 is 11.1 Å².